The summed E-state index contributed by atoms with van der Waals surface area (Å²) >= 11 is 0. The molecule has 2 aromatic rings. The van der Waals surface area contributed by atoms with Gasteiger partial charge < -0.3 is 20.7 Å². The predicted molar refractivity (Wildman–Crippen MR) is 132 cm³/mol. The van der Waals surface area contributed by atoms with E-state index in [1.54, 1.807) is 10.9 Å². The molecule has 3 atom stereocenters. The number of nitrogens with one attached hydrogen (secondary N) is 3. The zero-order valence-corrected chi connectivity index (χ0v) is 21.1. The maximum Gasteiger partial charge on any atom is 0.242 e. The lowest BCUT2D eigenvalue weighted by Crippen LogP contribution is -2.52. The van der Waals surface area contributed by atoms with E-state index < -0.39 is 12.1 Å². The van der Waals surface area contributed by atoms with Crippen molar-refractivity contribution in [1.29, 1.82) is 0 Å². The first-order chi connectivity index (χ1) is 17.3. The summed E-state index contributed by atoms with van der Waals surface area (Å²) < 4.78 is 7.45. The number of ether oxygens (including phenoxy) is 1. The largest absolute Gasteiger partial charge is 0.492 e. The van der Waals surface area contributed by atoms with Crippen molar-refractivity contribution in [2.75, 3.05) is 20.2 Å². The Morgan fingerprint density at radius 1 is 1.11 bits per heavy atom. The van der Waals surface area contributed by atoms with Crippen LogP contribution in [0.5, 0.6) is 5.75 Å². The molecule has 3 aliphatic rings. The maximum atomic E-state index is 13.1. The lowest BCUT2D eigenvalue weighted by atomic mass is 10.0. The third-order valence-corrected chi connectivity index (χ3v) is 6.46. The average molecular weight is 498 g/mol. The van der Waals surface area contributed by atoms with Gasteiger partial charge in [-0.3, -0.25) is 19.3 Å². The van der Waals surface area contributed by atoms with Crippen LogP contribution in [0.1, 0.15) is 37.9 Å². The van der Waals surface area contributed by atoms with Gasteiger partial charge in [-0.05, 0) is 43.5 Å². The quantitative estimate of drug-likeness (QED) is 0.542. The van der Waals surface area contributed by atoms with Crippen LogP contribution in [-0.2, 0) is 33.9 Å². The summed E-state index contributed by atoms with van der Waals surface area (Å²) in [5, 5.41) is 17.1. The van der Waals surface area contributed by atoms with Crippen molar-refractivity contribution in [1.82, 2.24) is 35.8 Å². The normalized spacial score (nSPS) is 24.3. The van der Waals surface area contributed by atoms with E-state index in [1.165, 1.54) is 0 Å². The summed E-state index contributed by atoms with van der Waals surface area (Å²) in [5.41, 5.74) is 1.50. The zero-order valence-electron chi connectivity index (χ0n) is 21.1. The Balaban J connectivity index is 1.51. The molecule has 4 heterocycles. The molecule has 3 aliphatic heterocycles. The van der Waals surface area contributed by atoms with Gasteiger partial charge in [-0.2, -0.15) is 0 Å². The molecule has 6 bridgehead atoms. The number of hydrogen-bond donors (Lipinski definition) is 3. The molecule has 1 saturated heterocycles. The third-order valence-electron chi connectivity index (χ3n) is 6.46. The fourth-order valence-corrected chi connectivity index (χ4v) is 4.64. The Hall–Kier alpha value is -3.47. The van der Waals surface area contributed by atoms with Gasteiger partial charge in [0.25, 0.3) is 0 Å². The van der Waals surface area contributed by atoms with Gasteiger partial charge in [-0.15, -0.1) is 5.10 Å². The molecule has 11 heteroatoms. The first kappa shape index (κ1) is 25.6. The second-order valence-electron chi connectivity index (χ2n) is 10.0. The molecule has 36 heavy (non-hydrogen) atoms. The molecule has 194 valence electrons. The summed E-state index contributed by atoms with van der Waals surface area (Å²) in [4.78, 5) is 40.7. The lowest BCUT2D eigenvalue weighted by molar-refractivity contribution is -0.131. The number of aromatic nitrogens is 3. The molecule has 3 amide bonds. The van der Waals surface area contributed by atoms with Crippen LogP contribution in [-0.4, -0.2) is 75.9 Å². The highest BCUT2D eigenvalue weighted by molar-refractivity contribution is 5.90. The van der Waals surface area contributed by atoms with Crippen molar-refractivity contribution in [3.8, 4) is 5.75 Å². The molecular weight excluding hydrogens is 462 g/mol. The molecular formula is C25H35N7O4. The molecule has 0 unspecified atom stereocenters. The molecule has 1 aromatic carbocycles. The molecule has 1 aromatic heterocycles. The average Bonchev–Trinajstić information content (AvgIpc) is 3.43. The van der Waals surface area contributed by atoms with E-state index in [9.17, 15) is 14.4 Å². The van der Waals surface area contributed by atoms with Crippen LogP contribution < -0.4 is 20.7 Å². The smallest absolute Gasteiger partial charge is 0.242 e. The Kier molecular flexibility index (Phi) is 8.19. The Morgan fingerprint density at radius 2 is 1.89 bits per heavy atom. The molecule has 0 saturated carbocycles. The number of likely N-dealkylation sites (tertiary alicyclic amines) is 1. The molecule has 0 spiro atoms. The van der Waals surface area contributed by atoms with E-state index in [-0.39, 0.29) is 42.6 Å². The Bertz CT molecular complexity index is 1070. The molecule has 5 rings (SSSR count). The minimum absolute atomic E-state index is 0.0932. The third kappa shape index (κ3) is 6.81. The predicted octanol–water partition coefficient (Wildman–Crippen LogP) is 0.249. The number of nitrogens with zero attached hydrogens (tertiary/aromatic N) is 4. The maximum absolute atomic E-state index is 13.1. The van der Waals surface area contributed by atoms with E-state index >= 15 is 0 Å². The van der Waals surface area contributed by atoms with Crippen LogP contribution in [0.25, 0.3) is 0 Å². The highest BCUT2D eigenvalue weighted by Gasteiger charge is 2.36. The van der Waals surface area contributed by atoms with Crippen molar-refractivity contribution >= 4 is 17.7 Å². The highest BCUT2D eigenvalue weighted by atomic mass is 16.5. The second kappa shape index (κ2) is 11.5. The van der Waals surface area contributed by atoms with Crippen LogP contribution in [0.15, 0.2) is 30.5 Å². The monoisotopic (exact) mass is 497 g/mol. The number of amides is 3. The van der Waals surface area contributed by atoms with Gasteiger partial charge in [0.05, 0.1) is 31.7 Å². The van der Waals surface area contributed by atoms with E-state index in [2.05, 4.69) is 26.3 Å². The fraction of sp³-hybridized carbons (Fsp3) is 0.560. The van der Waals surface area contributed by atoms with E-state index in [0.717, 1.165) is 5.56 Å². The lowest BCUT2D eigenvalue weighted by Gasteiger charge is -2.24. The Morgan fingerprint density at radius 3 is 2.64 bits per heavy atom. The minimum Gasteiger partial charge on any atom is -0.492 e. The standard InChI is InChI=1S/C25H35N7O4/c1-16(2)10-21-24(34)26-13-19-15-32(30-29-19)8-9-36-20-6-4-17(5-7-20)11-23(33)27-18-12-22(25(35)28-21)31(3)14-18/h4-7,15-16,18,21-22H,8-14H2,1-3H3,(H,26,34)(H,27,33)(H,28,35)/t18-,21+,22-/m0/s1. The van der Waals surface area contributed by atoms with Crippen molar-refractivity contribution in [3.63, 3.8) is 0 Å². The summed E-state index contributed by atoms with van der Waals surface area (Å²) in [5.74, 6) is 0.354. The fourth-order valence-electron chi connectivity index (χ4n) is 4.64. The molecule has 0 aliphatic carbocycles. The van der Waals surface area contributed by atoms with E-state index in [4.69, 9.17) is 4.74 Å². The molecule has 1 fully saturated rings. The van der Waals surface area contributed by atoms with Crippen LogP contribution in [0.4, 0.5) is 0 Å². The first-order valence-corrected chi connectivity index (χ1v) is 12.4. The first-order valence-electron chi connectivity index (χ1n) is 12.4. The van der Waals surface area contributed by atoms with E-state index in [0.29, 0.717) is 44.0 Å². The van der Waals surface area contributed by atoms with Gasteiger partial charge in [0.2, 0.25) is 17.7 Å². The summed E-state index contributed by atoms with van der Waals surface area (Å²) in [6, 6.07) is 6.21. The minimum atomic E-state index is -0.664. The van der Waals surface area contributed by atoms with Crippen LogP contribution in [0, 0.1) is 5.92 Å². The number of fused-ring (bicyclic) bond motifs is 11. The van der Waals surface area contributed by atoms with Gasteiger partial charge >= 0.3 is 0 Å². The van der Waals surface area contributed by atoms with Crippen molar-refractivity contribution < 1.29 is 19.1 Å². The van der Waals surface area contributed by atoms with Crippen LogP contribution >= 0.6 is 0 Å². The molecule has 11 nitrogen and oxygen atoms in total. The van der Waals surface area contributed by atoms with Crippen molar-refractivity contribution in [2.45, 2.75) is 64.3 Å². The summed E-state index contributed by atoms with van der Waals surface area (Å²) in [6.45, 7) is 5.68. The number of likely N-dealkylation sites (N-methyl/N-ethyl adjacent to an activating group) is 1. The van der Waals surface area contributed by atoms with Crippen molar-refractivity contribution in [3.05, 3.63) is 41.7 Å². The summed E-state index contributed by atoms with van der Waals surface area (Å²) in [7, 11) is 1.86. The van der Waals surface area contributed by atoms with Gasteiger partial charge in [0.1, 0.15) is 24.1 Å². The second-order valence-corrected chi connectivity index (χ2v) is 10.0. The van der Waals surface area contributed by atoms with Gasteiger partial charge in [0, 0.05) is 12.6 Å². The number of hydrogen-bond acceptors (Lipinski definition) is 7. The van der Waals surface area contributed by atoms with Crippen molar-refractivity contribution in [2.24, 2.45) is 5.92 Å². The Labute approximate surface area is 210 Å². The van der Waals surface area contributed by atoms with Crippen LogP contribution in [0.3, 0.4) is 0 Å². The van der Waals surface area contributed by atoms with Gasteiger partial charge in [-0.25, -0.2) is 4.68 Å². The SMILES string of the molecule is CC(C)C[C@H]1NC(=O)[C@@H]2C[C@@H](CN2C)NC(=O)Cc2ccc(cc2)OCCn2cc(nn2)CNC1=O. The van der Waals surface area contributed by atoms with Gasteiger partial charge in [-0.1, -0.05) is 31.2 Å². The number of carbonyl (C=O) groups is 3. The molecule has 0 radical (unpaired) electrons. The zero-order chi connectivity index (χ0) is 25.7. The highest BCUT2D eigenvalue weighted by Crippen LogP contribution is 2.18. The number of carbonyl (C=O) groups excluding carboxylic acids is 3. The molecule has 3 N–H and O–H groups in total. The summed E-state index contributed by atoms with van der Waals surface area (Å²) in [6.07, 6.45) is 3.01. The van der Waals surface area contributed by atoms with E-state index in [1.807, 2.05) is 50.1 Å². The van der Waals surface area contributed by atoms with Crippen LogP contribution in [0.2, 0.25) is 0 Å². The van der Waals surface area contributed by atoms with Gasteiger partial charge in [0.15, 0.2) is 0 Å². The number of rotatable bonds is 2. The topological polar surface area (TPSA) is 130 Å². The number of benzene rings is 1.